The number of hydrogen-bond donors (Lipinski definition) is 1. The monoisotopic (exact) mass is 357 g/mol. The summed E-state index contributed by atoms with van der Waals surface area (Å²) >= 11 is 0. The lowest BCUT2D eigenvalue weighted by Crippen LogP contribution is -2.41. The second kappa shape index (κ2) is 9.65. The van der Waals surface area contributed by atoms with Gasteiger partial charge in [0.05, 0.1) is 25.4 Å². The Hall–Kier alpha value is -2.76. The zero-order chi connectivity index (χ0) is 18.9. The van der Waals surface area contributed by atoms with Gasteiger partial charge >= 0.3 is 6.03 Å². The van der Waals surface area contributed by atoms with E-state index >= 15 is 0 Å². The molecule has 2 amide bonds. The molecule has 26 heavy (non-hydrogen) atoms. The Morgan fingerprint density at radius 3 is 2.73 bits per heavy atom. The topological polar surface area (TPSA) is 63.7 Å². The van der Waals surface area contributed by atoms with Crippen LogP contribution in [0.3, 0.4) is 0 Å². The summed E-state index contributed by atoms with van der Waals surface area (Å²) in [6.07, 6.45) is 2.54. The Morgan fingerprint density at radius 2 is 2.04 bits per heavy atom. The van der Waals surface area contributed by atoms with Gasteiger partial charge in [-0.2, -0.15) is 0 Å². The zero-order valence-corrected chi connectivity index (χ0v) is 15.9. The molecule has 140 valence electrons. The maximum atomic E-state index is 12.4. The fraction of sp³-hybridized carbons (Fsp3) is 0.400. The first-order chi connectivity index (χ1) is 12.5. The highest BCUT2D eigenvalue weighted by Gasteiger charge is 2.16. The number of carbonyl (C=O) groups is 1. The van der Waals surface area contributed by atoms with Crippen LogP contribution in [0.4, 0.5) is 4.79 Å². The standard InChI is InChI=1S/C20H27N3O3/c1-5-18(19-13-15(2)9-10-21-19)22-20(24)23(3)11-12-26-17-8-6-7-16(14-17)25-4/h6-10,13-14,18H,5,11-12H2,1-4H3,(H,22,24)/t18-/m0/s1. The minimum atomic E-state index is -0.144. The first-order valence-electron chi connectivity index (χ1n) is 8.74. The lowest BCUT2D eigenvalue weighted by atomic mass is 10.1. The van der Waals surface area contributed by atoms with Gasteiger partial charge in [0.25, 0.3) is 0 Å². The fourth-order valence-corrected chi connectivity index (χ4v) is 2.49. The Balaban J connectivity index is 1.84. The number of methoxy groups -OCH3 is 1. The molecule has 0 bridgehead atoms. The van der Waals surface area contributed by atoms with Gasteiger partial charge in [0, 0.05) is 19.3 Å². The van der Waals surface area contributed by atoms with E-state index in [0.717, 1.165) is 23.4 Å². The largest absolute Gasteiger partial charge is 0.497 e. The molecule has 0 aliphatic carbocycles. The molecule has 2 rings (SSSR count). The summed E-state index contributed by atoms with van der Waals surface area (Å²) in [7, 11) is 3.37. The SMILES string of the molecule is CC[C@H](NC(=O)N(C)CCOc1cccc(OC)c1)c1cc(C)ccn1. The number of hydrogen-bond acceptors (Lipinski definition) is 4. The van der Waals surface area contributed by atoms with Crippen LogP contribution < -0.4 is 14.8 Å². The Kier molecular flexibility index (Phi) is 7.26. The number of aromatic nitrogens is 1. The highest BCUT2D eigenvalue weighted by atomic mass is 16.5. The minimum absolute atomic E-state index is 0.107. The van der Waals surface area contributed by atoms with Crippen LogP contribution in [-0.2, 0) is 0 Å². The smallest absolute Gasteiger partial charge is 0.317 e. The van der Waals surface area contributed by atoms with Gasteiger partial charge in [-0.05, 0) is 43.2 Å². The van der Waals surface area contributed by atoms with Crippen molar-refractivity contribution in [3.05, 3.63) is 53.9 Å². The number of benzene rings is 1. The van der Waals surface area contributed by atoms with Crippen molar-refractivity contribution in [2.24, 2.45) is 0 Å². The van der Waals surface area contributed by atoms with Crippen LogP contribution in [0.5, 0.6) is 11.5 Å². The van der Waals surface area contributed by atoms with E-state index < -0.39 is 0 Å². The number of carbonyl (C=O) groups excluding carboxylic acids is 1. The third-order valence-electron chi connectivity index (χ3n) is 4.08. The molecule has 1 N–H and O–H groups in total. The molecule has 1 heterocycles. The molecule has 6 heteroatoms. The van der Waals surface area contributed by atoms with Gasteiger partial charge in [-0.15, -0.1) is 0 Å². The van der Waals surface area contributed by atoms with Crippen LogP contribution >= 0.6 is 0 Å². The van der Waals surface area contributed by atoms with Crippen molar-refractivity contribution in [2.75, 3.05) is 27.3 Å². The first kappa shape index (κ1) is 19.6. The van der Waals surface area contributed by atoms with E-state index in [1.807, 2.05) is 50.2 Å². The zero-order valence-electron chi connectivity index (χ0n) is 15.9. The number of rotatable bonds is 8. The predicted molar refractivity (Wildman–Crippen MR) is 102 cm³/mol. The van der Waals surface area contributed by atoms with Gasteiger partial charge in [0.2, 0.25) is 0 Å². The molecule has 0 radical (unpaired) electrons. The number of pyridine rings is 1. The summed E-state index contributed by atoms with van der Waals surface area (Å²) in [5.74, 6) is 1.46. The molecule has 0 spiro atoms. The predicted octanol–water partition coefficient (Wildman–Crippen LogP) is 3.57. The van der Waals surface area contributed by atoms with Gasteiger partial charge in [0.1, 0.15) is 18.1 Å². The van der Waals surface area contributed by atoms with E-state index in [1.165, 1.54) is 0 Å². The third kappa shape index (κ3) is 5.65. The van der Waals surface area contributed by atoms with Crippen LogP contribution in [0.15, 0.2) is 42.6 Å². The number of urea groups is 1. The number of aryl methyl sites for hydroxylation is 1. The molecule has 0 aliphatic rings. The average molecular weight is 357 g/mol. The van der Waals surface area contributed by atoms with E-state index in [9.17, 15) is 4.79 Å². The van der Waals surface area contributed by atoms with Crippen molar-refractivity contribution in [3.8, 4) is 11.5 Å². The van der Waals surface area contributed by atoms with Crippen LogP contribution in [-0.4, -0.2) is 43.2 Å². The van der Waals surface area contributed by atoms with Crippen LogP contribution in [0.1, 0.15) is 30.6 Å². The molecule has 1 aromatic heterocycles. The second-order valence-corrected chi connectivity index (χ2v) is 6.12. The fourth-order valence-electron chi connectivity index (χ4n) is 2.49. The molecule has 1 aromatic carbocycles. The molecule has 2 aromatic rings. The lowest BCUT2D eigenvalue weighted by Gasteiger charge is -2.23. The summed E-state index contributed by atoms with van der Waals surface area (Å²) in [5, 5.41) is 3.03. The molecule has 0 unspecified atom stereocenters. The number of likely N-dealkylation sites (N-methyl/N-ethyl adjacent to an activating group) is 1. The number of nitrogens with zero attached hydrogens (tertiary/aromatic N) is 2. The van der Waals surface area contributed by atoms with Crippen molar-refractivity contribution in [1.82, 2.24) is 15.2 Å². The average Bonchev–Trinajstić information content (AvgIpc) is 2.65. The molecular formula is C20H27N3O3. The summed E-state index contributed by atoms with van der Waals surface area (Å²) in [6, 6.07) is 11.1. The van der Waals surface area contributed by atoms with E-state index in [0.29, 0.717) is 18.9 Å². The Bertz CT molecular complexity index is 721. The van der Waals surface area contributed by atoms with E-state index in [1.54, 1.807) is 25.3 Å². The molecular weight excluding hydrogens is 330 g/mol. The molecule has 0 fully saturated rings. The van der Waals surface area contributed by atoms with Crippen molar-refractivity contribution in [2.45, 2.75) is 26.3 Å². The van der Waals surface area contributed by atoms with Gasteiger partial charge in [-0.3, -0.25) is 4.98 Å². The van der Waals surface area contributed by atoms with Crippen LogP contribution in [0.25, 0.3) is 0 Å². The number of ether oxygens (including phenoxy) is 2. The molecule has 1 atom stereocenters. The van der Waals surface area contributed by atoms with Crippen molar-refractivity contribution in [3.63, 3.8) is 0 Å². The minimum Gasteiger partial charge on any atom is -0.497 e. The van der Waals surface area contributed by atoms with Gasteiger partial charge in [-0.1, -0.05) is 13.0 Å². The summed E-state index contributed by atoms with van der Waals surface area (Å²) in [4.78, 5) is 18.4. The summed E-state index contributed by atoms with van der Waals surface area (Å²) in [6.45, 7) is 4.92. The Morgan fingerprint density at radius 1 is 1.27 bits per heavy atom. The van der Waals surface area contributed by atoms with Crippen molar-refractivity contribution in [1.29, 1.82) is 0 Å². The lowest BCUT2D eigenvalue weighted by molar-refractivity contribution is 0.191. The van der Waals surface area contributed by atoms with E-state index in [4.69, 9.17) is 9.47 Å². The second-order valence-electron chi connectivity index (χ2n) is 6.12. The van der Waals surface area contributed by atoms with Gasteiger partial charge in [-0.25, -0.2) is 4.79 Å². The molecule has 0 saturated heterocycles. The third-order valence-corrected chi connectivity index (χ3v) is 4.08. The van der Waals surface area contributed by atoms with E-state index in [-0.39, 0.29) is 12.1 Å². The maximum Gasteiger partial charge on any atom is 0.317 e. The summed E-state index contributed by atoms with van der Waals surface area (Å²) < 4.78 is 10.9. The van der Waals surface area contributed by atoms with Crippen LogP contribution in [0, 0.1) is 6.92 Å². The highest BCUT2D eigenvalue weighted by molar-refractivity contribution is 5.74. The van der Waals surface area contributed by atoms with Crippen LogP contribution in [0.2, 0.25) is 0 Å². The molecule has 0 saturated carbocycles. The normalized spacial score (nSPS) is 11.5. The number of amides is 2. The van der Waals surface area contributed by atoms with Gasteiger partial charge in [0.15, 0.2) is 0 Å². The van der Waals surface area contributed by atoms with E-state index in [2.05, 4.69) is 10.3 Å². The quantitative estimate of drug-likeness (QED) is 0.784. The first-order valence-corrected chi connectivity index (χ1v) is 8.74. The highest BCUT2D eigenvalue weighted by Crippen LogP contribution is 2.19. The molecule has 0 aliphatic heterocycles. The Labute approximate surface area is 155 Å². The number of nitrogens with one attached hydrogen (secondary N) is 1. The maximum absolute atomic E-state index is 12.4. The summed E-state index contributed by atoms with van der Waals surface area (Å²) in [5.41, 5.74) is 2.00. The molecule has 6 nitrogen and oxygen atoms in total. The van der Waals surface area contributed by atoms with Crippen molar-refractivity contribution < 1.29 is 14.3 Å². The van der Waals surface area contributed by atoms with Crippen molar-refractivity contribution >= 4 is 6.03 Å². The van der Waals surface area contributed by atoms with Gasteiger partial charge < -0.3 is 19.7 Å².